The van der Waals surface area contributed by atoms with Crippen LogP contribution in [0.5, 0.6) is 5.75 Å². The number of benzene rings is 1. The van der Waals surface area contributed by atoms with E-state index in [1.807, 2.05) is 17.0 Å². The number of carbonyl (C=O) groups is 1. The number of rotatable bonds is 4. The SMILES string of the molecule is CC(C)[C@H]1CN(C(=O)c2ccc(O)cn2)CCCN1Cc1ccc(F)cc1. The van der Waals surface area contributed by atoms with E-state index in [0.717, 1.165) is 25.1 Å². The van der Waals surface area contributed by atoms with Crippen LogP contribution in [0.15, 0.2) is 42.6 Å². The van der Waals surface area contributed by atoms with Gasteiger partial charge in [0.25, 0.3) is 5.91 Å². The second kappa shape index (κ2) is 8.48. The van der Waals surface area contributed by atoms with Crippen molar-refractivity contribution in [3.63, 3.8) is 0 Å². The van der Waals surface area contributed by atoms with Crippen LogP contribution in [-0.4, -0.2) is 51.5 Å². The van der Waals surface area contributed by atoms with Crippen molar-refractivity contribution in [3.05, 3.63) is 59.7 Å². The van der Waals surface area contributed by atoms with Gasteiger partial charge in [-0.2, -0.15) is 0 Å². The lowest BCUT2D eigenvalue weighted by Gasteiger charge is -2.34. The highest BCUT2D eigenvalue weighted by Crippen LogP contribution is 2.21. The summed E-state index contributed by atoms with van der Waals surface area (Å²) in [5.74, 6) is 0.0806. The van der Waals surface area contributed by atoms with Gasteiger partial charge in [-0.1, -0.05) is 26.0 Å². The fraction of sp³-hybridized carbons (Fsp3) is 0.429. The van der Waals surface area contributed by atoms with Gasteiger partial charge in [0.05, 0.1) is 6.20 Å². The highest BCUT2D eigenvalue weighted by atomic mass is 19.1. The number of pyridine rings is 1. The lowest BCUT2D eigenvalue weighted by molar-refractivity contribution is 0.0696. The van der Waals surface area contributed by atoms with Crippen molar-refractivity contribution in [2.24, 2.45) is 5.92 Å². The summed E-state index contributed by atoms with van der Waals surface area (Å²) in [6.07, 6.45) is 2.17. The van der Waals surface area contributed by atoms with Crippen molar-refractivity contribution in [3.8, 4) is 5.75 Å². The van der Waals surface area contributed by atoms with Crippen LogP contribution >= 0.6 is 0 Å². The summed E-state index contributed by atoms with van der Waals surface area (Å²) in [6, 6.07) is 9.87. The van der Waals surface area contributed by atoms with Gasteiger partial charge < -0.3 is 10.0 Å². The first-order valence-electron chi connectivity index (χ1n) is 9.37. The molecule has 0 radical (unpaired) electrons. The van der Waals surface area contributed by atoms with Crippen LogP contribution < -0.4 is 0 Å². The maximum atomic E-state index is 13.2. The molecule has 2 aromatic rings. The molecule has 1 aromatic carbocycles. The van der Waals surface area contributed by atoms with E-state index in [9.17, 15) is 14.3 Å². The molecule has 5 nitrogen and oxygen atoms in total. The summed E-state index contributed by atoms with van der Waals surface area (Å²) in [4.78, 5) is 21.2. The van der Waals surface area contributed by atoms with Crippen molar-refractivity contribution in [2.75, 3.05) is 19.6 Å². The average molecular weight is 371 g/mol. The molecule has 3 rings (SSSR count). The Bertz CT molecular complexity index is 762. The van der Waals surface area contributed by atoms with Crippen molar-refractivity contribution < 1.29 is 14.3 Å². The predicted molar refractivity (Wildman–Crippen MR) is 102 cm³/mol. The van der Waals surface area contributed by atoms with Gasteiger partial charge in [0.15, 0.2) is 0 Å². The minimum Gasteiger partial charge on any atom is -0.506 e. The fourth-order valence-electron chi connectivity index (χ4n) is 3.58. The molecule has 0 unspecified atom stereocenters. The molecular weight excluding hydrogens is 345 g/mol. The van der Waals surface area contributed by atoms with Crippen molar-refractivity contribution >= 4 is 5.91 Å². The molecule has 6 heteroatoms. The summed E-state index contributed by atoms with van der Waals surface area (Å²) in [5.41, 5.74) is 1.42. The average Bonchev–Trinajstić information content (AvgIpc) is 2.86. The predicted octanol–water partition coefficient (Wildman–Crippen LogP) is 3.30. The van der Waals surface area contributed by atoms with Crippen molar-refractivity contribution in [1.82, 2.24) is 14.8 Å². The molecule has 0 saturated carbocycles. The molecule has 0 aliphatic carbocycles. The standard InChI is InChI=1S/C21H26FN3O2/c1-15(2)20-14-25(21(27)19-9-8-18(26)12-23-19)11-3-10-24(20)13-16-4-6-17(22)7-5-16/h4-9,12,15,20,26H,3,10-11,13-14H2,1-2H3/t20-/m1/s1. The molecule has 27 heavy (non-hydrogen) atoms. The van der Waals surface area contributed by atoms with Crippen LogP contribution in [0, 0.1) is 11.7 Å². The van der Waals surface area contributed by atoms with Crippen LogP contribution in [0.4, 0.5) is 4.39 Å². The smallest absolute Gasteiger partial charge is 0.272 e. The Morgan fingerprint density at radius 3 is 2.59 bits per heavy atom. The van der Waals surface area contributed by atoms with E-state index in [0.29, 0.717) is 24.7 Å². The second-order valence-electron chi connectivity index (χ2n) is 7.41. The third-order valence-electron chi connectivity index (χ3n) is 5.07. The van der Waals surface area contributed by atoms with Crippen molar-refractivity contribution in [2.45, 2.75) is 32.9 Å². The highest BCUT2D eigenvalue weighted by molar-refractivity contribution is 5.92. The second-order valence-corrected chi connectivity index (χ2v) is 7.41. The number of aromatic hydroxyl groups is 1. The van der Waals surface area contributed by atoms with E-state index in [1.165, 1.54) is 24.4 Å². The van der Waals surface area contributed by atoms with Gasteiger partial charge in [-0.15, -0.1) is 0 Å². The molecule has 0 spiro atoms. The van der Waals surface area contributed by atoms with Gasteiger partial charge in [-0.25, -0.2) is 9.37 Å². The molecule has 1 saturated heterocycles. The first-order chi connectivity index (χ1) is 12.9. The van der Waals surface area contributed by atoms with Crippen LogP contribution in [0.2, 0.25) is 0 Å². The van der Waals surface area contributed by atoms with Crippen LogP contribution in [0.1, 0.15) is 36.3 Å². The van der Waals surface area contributed by atoms with Crippen LogP contribution in [0.25, 0.3) is 0 Å². The topological polar surface area (TPSA) is 56.7 Å². The van der Waals surface area contributed by atoms with E-state index in [-0.39, 0.29) is 23.5 Å². The zero-order valence-electron chi connectivity index (χ0n) is 15.8. The Balaban J connectivity index is 1.75. The Hall–Kier alpha value is -2.47. The van der Waals surface area contributed by atoms with E-state index < -0.39 is 0 Å². The molecule has 2 heterocycles. The van der Waals surface area contributed by atoms with Gasteiger partial charge in [0, 0.05) is 32.2 Å². The lowest BCUT2D eigenvalue weighted by Crippen LogP contribution is -2.45. The minimum atomic E-state index is -0.229. The van der Waals surface area contributed by atoms with E-state index in [2.05, 4.69) is 23.7 Å². The number of aromatic nitrogens is 1. The Kier molecular flexibility index (Phi) is 6.06. The number of hydrogen-bond donors (Lipinski definition) is 1. The molecule has 1 aromatic heterocycles. The third kappa shape index (κ3) is 4.83. The van der Waals surface area contributed by atoms with Crippen LogP contribution in [-0.2, 0) is 6.54 Å². The van der Waals surface area contributed by atoms with E-state index >= 15 is 0 Å². The summed E-state index contributed by atoms with van der Waals surface area (Å²) < 4.78 is 13.2. The van der Waals surface area contributed by atoms with Gasteiger partial charge in [-0.05, 0) is 42.2 Å². The van der Waals surface area contributed by atoms with E-state index in [1.54, 1.807) is 6.07 Å². The summed E-state index contributed by atoms with van der Waals surface area (Å²) in [6.45, 7) is 7.24. The monoisotopic (exact) mass is 371 g/mol. The Labute approximate surface area is 159 Å². The maximum absolute atomic E-state index is 13.2. The molecule has 1 aliphatic heterocycles. The maximum Gasteiger partial charge on any atom is 0.272 e. The summed E-state index contributed by atoms with van der Waals surface area (Å²) in [7, 11) is 0. The zero-order valence-corrected chi connectivity index (χ0v) is 15.8. The normalized spacial score (nSPS) is 18.5. The summed E-state index contributed by atoms with van der Waals surface area (Å²) >= 11 is 0. The van der Waals surface area contributed by atoms with Gasteiger partial charge in [-0.3, -0.25) is 9.69 Å². The lowest BCUT2D eigenvalue weighted by atomic mass is 10.0. The first kappa shape index (κ1) is 19.3. The Morgan fingerprint density at radius 2 is 1.96 bits per heavy atom. The minimum absolute atomic E-state index is 0.0490. The number of amides is 1. The molecule has 1 N–H and O–H groups in total. The van der Waals surface area contributed by atoms with Gasteiger partial charge >= 0.3 is 0 Å². The zero-order chi connectivity index (χ0) is 19.4. The number of halogens is 1. The third-order valence-corrected chi connectivity index (χ3v) is 5.07. The van der Waals surface area contributed by atoms with E-state index in [4.69, 9.17) is 0 Å². The Morgan fingerprint density at radius 1 is 1.22 bits per heavy atom. The number of hydrogen-bond acceptors (Lipinski definition) is 4. The van der Waals surface area contributed by atoms with Gasteiger partial charge in [0.2, 0.25) is 0 Å². The first-order valence-corrected chi connectivity index (χ1v) is 9.37. The highest BCUT2D eigenvalue weighted by Gasteiger charge is 2.30. The largest absolute Gasteiger partial charge is 0.506 e. The molecule has 1 atom stereocenters. The molecule has 144 valence electrons. The molecular formula is C21H26FN3O2. The van der Waals surface area contributed by atoms with Gasteiger partial charge in [0.1, 0.15) is 17.3 Å². The molecule has 0 bridgehead atoms. The van der Waals surface area contributed by atoms with Crippen molar-refractivity contribution in [1.29, 1.82) is 0 Å². The summed E-state index contributed by atoms with van der Waals surface area (Å²) in [5, 5.41) is 9.38. The fourth-order valence-corrected chi connectivity index (χ4v) is 3.58. The van der Waals surface area contributed by atoms with Crippen LogP contribution in [0.3, 0.4) is 0 Å². The quantitative estimate of drug-likeness (QED) is 0.896. The molecule has 1 amide bonds. The number of carbonyl (C=O) groups excluding carboxylic acids is 1. The number of nitrogens with zero attached hydrogens (tertiary/aromatic N) is 3. The molecule has 1 fully saturated rings. The molecule has 1 aliphatic rings.